The average molecular weight is 658 g/mol. The van der Waals surface area contributed by atoms with Gasteiger partial charge in [-0.15, -0.1) is 0 Å². The fourth-order valence-corrected chi connectivity index (χ4v) is 5.37. The number of nitrogens with zero attached hydrogens (tertiary/aromatic N) is 1. The Kier molecular flexibility index (Phi) is 28.1. The van der Waals surface area contributed by atoms with Gasteiger partial charge in [-0.2, -0.15) is 0 Å². The SMILES string of the molecule is CCCCCC/C=C\CCCCCCCC(=O)NC(COP(=O)(O)OCC[N+](C)(C)C)C(O)/C=C/CC/C=C/CCCCCC. The molecule has 0 radical (unpaired) electrons. The van der Waals surface area contributed by atoms with Crippen molar-refractivity contribution in [3.8, 4) is 0 Å². The number of phosphoric acid groups is 1. The lowest BCUT2D eigenvalue weighted by molar-refractivity contribution is -0.870. The zero-order valence-electron chi connectivity index (χ0n) is 29.6. The normalized spacial score (nSPS) is 15.3. The van der Waals surface area contributed by atoms with Crippen molar-refractivity contribution in [3.05, 3.63) is 36.5 Å². The van der Waals surface area contributed by atoms with Crippen molar-refractivity contribution in [2.24, 2.45) is 0 Å². The quantitative estimate of drug-likeness (QED) is 0.0298. The molecule has 0 aliphatic heterocycles. The molecule has 264 valence electrons. The number of nitrogens with one attached hydrogen (secondary N) is 1. The van der Waals surface area contributed by atoms with E-state index in [-0.39, 0.29) is 19.1 Å². The molecule has 0 aromatic rings. The van der Waals surface area contributed by atoms with E-state index in [0.717, 1.165) is 51.4 Å². The van der Waals surface area contributed by atoms with E-state index in [0.29, 0.717) is 17.4 Å². The molecule has 8 nitrogen and oxygen atoms in total. The zero-order chi connectivity index (χ0) is 33.7. The molecule has 0 rings (SSSR count). The highest BCUT2D eigenvalue weighted by Gasteiger charge is 2.27. The maximum Gasteiger partial charge on any atom is 0.472 e. The number of phosphoric ester groups is 1. The Balaban J connectivity index is 4.63. The highest BCUT2D eigenvalue weighted by molar-refractivity contribution is 7.47. The predicted molar refractivity (Wildman–Crippen MR) is 189 cm³/mol. The summed E-state index contributed by atoms with van der Waals surface area (Å²) in [5.74, 6) is -0.202. The van der Waals surface area contributed by atoms with Gasteiger partial charge in [0.1, 0.15) is 13.2 Å². The van der Waals surface area contributed by atoms with Gasteiger partial charge >= 0.3 is 7.82 Å². The van der Waals surface area contributed by atoms with Crippen molar-refractivity contribution in [3.63, 3.8) is 0 Å². The molecule has 0 spiro atoms. The van der Waals surface area contributed by atoms with Crippen LogP contribution in [-0.4, -0.2) is 73.4 Å². The summed E-state index contributed by atoms with van der Waals surface area (Å²) in [4.78, 5) is 22.9. The van der Waals surface area contributed by atoms with Gasteiger partial charge in [0, 0.05) is 6.42 Å². The van der Waals surface area contributed by atoms with Crippen LogP contribution in [0.5, 0.6) is 0 Å². The highest BCUT2D eigenvalue weighted by atomic mass is 31.2. The van der Waals surface area contributed by atoms with E-state index in [4.69, 9.17) is 9.05 Å². The largest absolute Gasteiger partial charge is 0.472 e. The van der Waals surface area contributed by atoms with Crippen molar-refractivity contribution < 1.29 is 32.9 Å². The minimum atomic E-state index is -4.33. The van der Waals surface area contributed by atoms with Crippen molar-refractivity contribution >= 4 is 13.7 Å². The van der Waals surface area contributed by atoms with Crippen molar-refractivity contribution in [1.82, 2.24) is 5.32 Å². The lowest BCUT2D eigenvalue weighted by Gasteiger charge is -2.25. The minimum Gasteiger partial charge on any atom is -0.387 e. The molecule has 0 saturated heterocycles. The summed E-state index contributed by atoms with van der Waals surface area (Å²) < 4.78 is 23.3. The van der Waals surface area contributed by atoms with Gasteiger partial charge in [-0.05, 0) is 57.8 Å². The summed E-state index contributed by atoms with van der Waals surface area (Å²) in [7, 11) is 1.54. The number of amides is 1. The van der Waals surface area contributed by atoms with E-state index in [1.807, 2.05) is 27.2 Å². The topological polar surface area (TPSA) is 105 Å². The van der Waals surface area contributed by atoms with Crippen LogP contribution in [0.1, 0.15) is 136 Å². The third-order valence-corrected chi connectivity index (χ3v) is 8.57. The standard InChI is InChI=1S/C36H69N2O6P/c1-6-8-10-12-14-16-18-19-20-22-24-26-28-30-36(40)37-34(33-44-45(41,42)43-32-31-38(3,4)5)35(39)29-27-25-23-21-17-15-13-11-9-7-2/h16-18,21,27,29,34-35,39H,6-15,19-20,22-26,28,30-33H2,1-5H3,(H-,37,40,41,42)/p+1/b18-16-,21-17+,29-27+. The van der Waals surface area contributed by atoms with Crippen LogP contribution in [0.25, 0.3) is 0 Å². The zero-order valence-corrected chi connectivity index (χ0v) is 30.5. The van der Waals surface area contributed by atoms with Crippen LogP contribution in [0.15, 0.2) is 36.5 Å². The molecule has 0 saturated carbocycles. The maximum absolute atomic E-state index is 12.7. The van der Waals surface area contributed by atoms with Gasteiger partial charge in [0.25, 0.3) is 0 Å². The first-order chi connectivity index (χ1) is 21.5. The molecular weight excluding hydrogens is 587 g/mol. The third kappa shape index (κ3) is 31.1. The van der Waals surface area contributed by atoms with Gasteiger partial charge in [0.15, 0.2) is 0 Å². The number of rotatable bonds is 31. The van der Waals surface area contributed by atoms with Gasteiger partial charge in [-0.25, -0.2) is 4.57 Å². The molecule has 3 atom stereocenters. The van der Waals surface area contributed by atoms with Crippen LogP contribution in [0, 0.1) is 0 Å². The second-order valence-electron chi connectivity index (χ2n) is 13.2. The molecule has 45 heavy (non-hydrogen) atoms. The number of quaternary nitrogens is 1. The summed E-state index contributed by atoms with van der Waals surface area (Å²) in [6, 6.07) is -0.862. The molecule has 0 aromatic carbocycles. The highest BCUT2D eigenvalue weighted by Crippen LogP contribution is 2.43. The number of hydrogen-bond donors (Lipinski definition) is 3. The summed E-state index contributed by atoms with van der Waals surface area (Å²) in [6.45, 7) is 4.69. The molecular formula is C36H70N2O6P+. The fraction of sp³-hybridized carbons (Fsp3) is 0.806. The molecule has 3 unspecified atom stereocenters. The van der Waals surface area contributed by atoms with E-state index in [2.05, 4.69) is 43.5 Å². The number of unbranched alkanes of at least 4 members (excludes halogenated alkanes) is 14. The fourth-order valence-electron chi connectivity index (χ4n) is 4.64. The van der Waals surface area contributed by atoms with Crippen molar-refractivity contribution in [2.75, 3.05) is 40.9 Å². The average Bonchev–Trinajstić information content (AvgIpc) is 2.97. The lowest BCUT2D eigenvalue weighted by Crippen LogP contribution is -2.45. The van der Waals surface area contributed by atoms with Crippen LogP contribution in [-0.2, 0) is 18.4 Å². The van der Waals surface area contributed by atoms with Crippen LogP contribution in [0.2, 0.25) is 0 Å². The minimum absolute atomic E-state index is 0.0538. The molecule has 0 aliphatic rings. The van der Waals surface area contributed by atoms with Crippen LogP contribution in [0.3, 0.4) is 0 Å². The lowest BCUT2D eigenvalue weighted by atomic mass is 10.1. The summed E-state index contributed by atoms with van der Waals surface area (Å²) >= 11 is 0. The third-order valence-electron chi connectivity index (χ3n) is 7.58. The van der Waals surface area contributed by atoms with E-state index in [1.165, 1.54) is 64.2 Å². The Hall–Kier alpha value is -1.28. The van der Waals surface area contributed by atoms with Crippen LogP contribution >= 0.6 is 7.82 Å². The summed E-state index contributed by atoms with van der Waals surface area (Å²) in [5, 5.41) is 13.6. The van der Waals surface area contributed by atoms with Gasteiger partial charge in [0.05, 0.1) is 39.9 Å². The van der Waals surface area contributed by atoms with E-state index in [9.17, 15) is 19.4 Å². The molecule has 0 bridgehead atoms. The molecule has 9 heteroatoms. The molecule has 3 N–H and O–H groups in total. The van der Waals surface area contributed by atoms with Crippen molar-refractivity contribution in [1.29, 1.82) is 0 Å². The molecule has 0 heterocycles. The monoisotopic (exact) mass is 657 g/mol. The van der Waals surface area contributed by atoms with Gasteiger partial charge in [-0.3, -0.25) is 13.8 Å². The number of hydrogen-bond acceptors (Lipinski definition) is 5. The molecule has 1 amide bonds. The Labute approximate surface area is 276 Å². The van der Waals surface area contributed by atoms with Crippen LogP contribution < -0.4 is 5.32 Å². The molecule has 0 fully saturated rings. The number of aliphatic hydroxyl groups excluding tert-OH is 1. The first-order valence-corrected chi connectivity index (χ1v) is 19.4. The van der Waals surface area contributed by atoms with Crippen molar-refractivity contribution in [2.45, 2.75) is 148 Å². The van der Waals surface area contributed by atoms with Crippen LogP contribution in [0.4, 0.5) is 0 Å². The second kappa shape index (κ2) is 28.9. The number of allylic oxidation sites excluding steroid dienone is 5. The smallest absolute Gasteiger partial charge is 0.387 e. The summed E-state index contributed by atoms with van der Waals surface area (Å²) in [5.41, 5.74) is 0. The number of carbonyl (C=O) groups is 1. The van der Waals surface area contributed by atoms with Gasteiger partial charge in [-0.1, -0.05) is 108 Å². The van der Waals surface area contributed by atoms with E-state index < -0.39 is 20.0 Å². The Morgan fingerprint density at radius 1 is 0.733 bits per heavy atom. The first kappa shape index (κ1) is 43.7. The predicted octanol–water partition coefficient (Wildman–Crippen LogP) is 8.79. The second-order valence-corrected chi connectivity index (χ2v) is 14.7. The van der Waals surface area contributed by atoms with E-state index in [1.54, 1.807) is 6.08 Å². The molecule has 0 aromatic heterocycles. The van der Waals surface area contributed by atoms with Gasteiger partial charge in [0.2, 0.25) is 5.91 Å². The number of likely N-dealkylation sites (N-methyl/N-ethyl adjacent to an activating group) is 1. The van der Waals surface area contributed by atoms with E-state index >= 15 is 0 Å². The Morgan fingerprint density at radius 3 is 1.78 bits per heavy atom. The molecule has 0 aliphatic carbocycles. The number of carbonyl (C=O) groups excluding carboxylic acids is 1. The van der Waals surface area contributed by atoms with Gasteiger partial charge < -0.3 is 19.8 Å². The summed E-state index contributed by atoms with van der Waals surface area (Å²) in [6.07, 6.45) is 32.1. The Bertz CT molecular complexity index is 840. The first-order valence-electron chi connectivity index (χ1n) is 17.9. The Morgan fingerprint density at radius 2 is 1.22 bits per heavy atom. The number of aliphatic hydroxyl groups is 1. The maximum atomic E-state index is 12.7.